The molecule has 0 bridgehead atoms. The molecule has 15 heavy (non-hydrogen) atoms. The average molecular weight is 229 g/mol. The van der Waals surface area contributed by atoms with Crippen LogP contribution in [0.4, 0.5) is 5.95 Å². The van der Waals surface area contributed by atoms with E-state index in [1.165, 1.54) is 0 Å². The minimum atomic E-state index is -0.747. The molecular formula is C10H19N3OS. The van der Waals surface area contributed by atoms with E-state index < -0.39 is 10.8 Å². The van der Waals surface area contributed by atoms with Gasteiger partial charge in [0.2, 0.25) is 5.95 Å². The second-order valence-electron chi connectivity index (χ2n) is 3.60. The predicted molar refractivity (Wildman–Crippen MR) is 64.7 cm³/mol. The zero-order chi connectivity index (χ0) is 11.3. The number of nitrogens with zero attached hydrogens (tertiary/aromatic N) is 2. The summed E-state index contributed by atoms with van der Waals surface area (Å²) in [6, 6.07) is 0. The summed E-state index contributed by atoms with van der Waals surface area (Å²) in [6.07, 6.45) is 4.79. The van der Waals surface area contributed by atoms with Gasteiger partial charge in [-0.2, -0.15) is 0 Å². The summed E-state index contributed by atoms with van der Waals surface area (Å²) in [7, 11) is -0.747. The normalized spacial score (nSPS) is 12.7. The van der Waals surface area contributed by atoms with Crippen LogP contribution in [0.1, 0.15) is 19.0 Å². The van der Waals surface area contributed by atoms with Crippen molar-refractivity contribution in [2.24, 2.45) is 0 Å². The smallest absolute Gasteiger partial charge is 0.203 e. The lowest BCUT2D eigenvalue weighted by molar-refractivity contribution is 0.677. The third-order valence-electron chi connectivity index (χ3n) is 2.05. The average Bonchev–Trinajstić information content (AvgIpc) is 2.52. The summed E-state index contributed by atoms with van der Waals surface area (Å²) in [5.41, 5.74) is 0.996. The quantitative estimate of drug-likeness (QED) is 0.802. The van der Waals surface area contributed by atoms with Crippen molar-refractivity contribution in [3.63, 3.8) is 0 Å². The Bertz CT molecular complexity index is 335. The number of rotatable bonds is 6. The minimum absolute atomic E-state index is 0.677. The van der Waals surface area contributed by atoms with Crippen molar-refractivity contribution in [2.45, 2.75) is 26.8 Å². The third-order valence-corrected chi connectivity index (χ3v) is 2.81. The van der Waals surface area contributed by atoms with Crippen molar-refractivity contribution < 1.29 is 4.21 Å². The molecule has 1 rings (SSSR count). The summed E-state index contributed by atoms with van der Waals surface area (Å²) >= 11 is 0. The summed E-state index contributed by atoms with van der Waals surface area (Å²) in [6.45, 7) is 5.77. The van der Waals surface area contributed by atoms with E-state index in [0.717, 1.165) is 31.2 Å². The summed E-state index contributed by atoms with van der Waals surface area (Å²) in [4.78, 5) is 4.38. The highest BCUT2D eigenvalue weighted by molar-refractivity contribution is 7.84. The van der Waals surface area contributed by atoms with Gasteiger partial charge in [-0.15, -0.1) is 0 Å². The summed E-state index contributed by atoms with van der Waals surface area (Å²) < 4.78 is 13.0. The molecule has 1 N–H and O–H groups in total. The molecule has 1 aromatic heterocycles. The largest absolute Gasteiger partial charge is 0.356 e. The second kappa shape index (κ2) is 5.90. The molecule has 0 fully saturated rings. The Kier molecular flexibility index (Phi) is 4.81. The van der Waals surface area contributed by atoms with E-state index in [4.69, 9.17) is 0 Å². The maximum atomic E-state index is 11.0. The molecule has 0 saturated carbocycles. The fourth-order valence-electron chi connectivity index (χ4n) is 1.32. The maximum Gasteiger partial charge on any atom is 0.203 e. The predicted octanol–water partition coefficient (Wildman–Crippen LogP) is 1.39. The molecule has 4 nitrogen and oxygen atoms in total. The van der Waals surface area contributed by atoms with Crippen LogP contribution in [-0.4, -0.2) is 32.3 Å². The van der Waals surface area contributed by atoms with Gasteiger partial charge in [-0.3, -0.25) is 4.21 Å². The minimum Gasteiger partial charge on any atom is -0.356 e. The highest BCUT2D eigenvalue weighted by atomic mass is 32.2. The van der Waals surface area contributed by atoms with Crippen molar-refractivity contribution in [3.05, 3.63) is 11.9 Å². The van der Waals surface area contributed by atoms with Gasteiger partial charge in [-0.05, 0) is 13.3 Å². The van der Waals surface area contributed by atoms with Gasteiger partial charge in [-0.1, -0.05) is 6.92 Å². The van der Waals surface area contributed by atoms with Crippen LogP contribution in [0.3, 0.4) is 0 Å². The molecule has 0 aliphatic carbocycles. The number of aromatic nitrogens is 2. The molecule has 86 valence electrons. The van der Waals surface area contributed by atoms with Gasteiger partial charge in [0, 0.05) is 42.1 Å². The first-order valence-electron chi connectivity index (χ1n) is 5.21. The van der Waals surface area contributed by atoms with Crippen LogP contribution in [0.2, 0.25) is 0 Å². The van der Waals surface area contributed by atoms with E-state index in [1.54, 1.807) is 6.26 Å². The number of anilines is 1. The monoisotopic (exact) mass is 229 g/mol. The first-order valence-corrected chi connectivity index (χ1v) is 6.94. The molecule has 0 saturated heterocycles. The lowest BCUT2D eigenvalue weighted by Gasteiger charge is -2.07. The van der Waals surface area contributed by atoms with Crippen LogP contribution in [0.15, 0.2) is 6.20 Å². The lowest BCUT2D eigenvalue weighted by atomic mass is 10.5. The van der Waals surface area contributed by atoms with Crippen molar-refractivity contribution in [1.82, 2.24) is 9.55 Å². The van der Waals surface area contributed by atoms with Gasteiger partial charge >= 0.3 is 0 Å². The Morgan fingerprint density at radius 1 is 1.60 bits per heavy atom. The van der Waals surface area contributed by atoms with E-state index in [-0.39, 0.29) is 0 Å². The van der Waals surface area contributed by atoms with Crippen LogP contribution in [-0.2, 0) is 17.3 Å². The van der Waals surface area contributed by atoms with Crippen LogP contribution in [0.5, 0.6) is 0 Å². The first-order chi connectivity index (χ1) is 7.13. The topological polar surface area (TPSA) is 46.9 Å². The Labute approximate surface area is 93.5 Å². The van der Waals surface area contributed by atoms with E-state index in [2.05, 4.69) is 17.2 Å². The van der Waals surface area contributed by atoms with Gasteiger partial charge in [0.1, 0.15) is 0 Å². The van der Waals surface area contributed by atoms with Crippen molar-refractivity contribution in [2.75, 3.05) is 23.9 Å². The Hall–Kier alpha value is -0.840. The molecule has 1 aromatic rings. The Morgan fingerprint density at radius 3 is 2.93 bits per heavy atom. The molecule has 5 heteroatoms. The van der Waals surface area contributed by atoms with Crippen LogP contribution in [0, 0.1) is 6.92 Å². The molecule has 0 amide bonds. The molecule has 1 unspecified atom stereocenters. The summed E-state index contributed by atoms with van der Waals surface area (Å²) in [5.74, 6) is 1.57. The lowest BCUT2D eigenvalue weighted by Crippen LogP contribution is -2.11. The van der Waals surface area contributed by atoms with Crippen molar-refractivity contribution in [3.8, 4) is 0 Å². The molecule has 1 heterocycles. The molecule has 0 aliphatic heterocycles. The standard InChI is InChI=1S/C10H19N3OS/c1-4-5-11-10-12-9(2)8-13(10)6-7-15(3)14/h8H,4-7H2,1-3H3,(H,11,12). The Balaban J connectivity index is 2.63. The first kappa shape index (κ1) is 12.2. The highest BCUT2D eigenvalue weighted by Crippen LogP contribution is 2.08. The fraction of sp³-hybridized carbons (Fsp3) is 0.700. The molecule has 0 spiro atoms. The molecular weight excluding hydrogens is 210 g/mol. The van der Waals surface area contributed by atoms with Crippen LogP contribution >= 0.6 is 0 Å². The van der Waals surface area contributed by atoms with E-state index in [1.807, 2.05) is 17.7 Å². The zero-order valence-corrected chi connectivity index (χ0v) is 10.4. The molecule has 1 atom stereocenters. The molecule has 0 radical (unpaired) electrons. The molecule has 0 aromatic carbocycles. The number of aryl methyl sites for hydroxylation is 2. The van der Waals surface area contributed by atoms with Crippen LogP contribution in [0.25, 0.3) is 0 Å². The van der Waals surface area contributed by atoms with Gasteiger partial charge in [0.15, 0.2) is 0 Å². The third kappa shape index (κ3) is 4.03. The number of hydrogen-bond donors (Lipinski definition) is 1. The van der Waals surface area contributed by atoms with Crippen molar-refractivity contribution in [1.29, 1.82) is 0 Å². The van der Waals surface area contributed by atoms with Crippen LogP contribution < -0.4 is 5.32 Å². The van der Waals surface area contributed by atoms with E-state index >= 15 is 0 Å². The second-order valence-corrected chi connectivity index (χ2v) is 5.16. The van der Waals surface area contributed by atoms with E-state index in [9.17, 15) is 4.21 Å². The summed E-state index contributed by atoms with van der Waals surface area (Å²) in [5, 5.41) is 3.26. The SMILES string of the molecule is CCCNc1nc(C)cn1CCS(C)=O. The van der Waals surface area contributed by atoms with Gasteiger partial charge < -0.3 is 9.88 Å². The number of nitrogens with one attached hydrogen (secondary N) is 1. The highest BCUT2D eigenvalue weighted by Gasteiger charge is 2.04. The van der Waals surface area contributed by atoms with Gasteiger partial charge in [0.05, 0.1) is 5.69 Å². The Morgan fingerprint density at radius 2 is 2.33 bits per heavy atom. The number of imidazole rings is 1. The van der Waals surface area contributed by atoms with Crippen molar-refractivity contribution >= 4 is 16.7 Å². The number of hydrogen-bond acceptors (Lipinski definition) is 3. The molecule has 0 aliphatic rings. The maximum absolute atomic E-state index is 11.0. The van der Waals surface area contributed by atoms with Gasteiger partial charge in [-0.25, -0.2) is 4.98 Å². The fourth-order valence-corrected chi connectivity index (χ4v) is 1.78. The van der Waals surface area contributed by atoms with Gasteiger partial charge in [0.25, 0.3) is 0 Å². The zero-order valence-electron chi connectivity index (χ0n) is 9.62. The van der Waals surface area contributed by atoms with E-state index in [0.29, 0.717) is 5.75 Å².